The first-order chi connectivity index (χ1) is 14.6. The molecule has 0 saturated carbocycles. The molecule has 1 aliphatic rings. The van der Waals surface area contributed by atoms with Crippen molar-refractivity contribution in [3.05, 3.63) is 58.8 Å². The number of halogens is 5. The fourth-order valence-corrected chi connectivity index (χ4v) is 3.66. The van der Waals surface area contributed by atoms with E-state index in [1.54, 1.807) is 4.90 Å². The number of hydrogen-bond acceptors (Lipinski definition) is 3. The highest BCUT2D eigenvalue weighted by Crippen LogP contribution is 2.32. The smallest absolute Gasteiger partial charge is 0.356 e. The minimum Gasteiger partial charge on any atom is -0.356 e. The topological polar surface area (TPSA) is 45.2 Å². The number of piperidine rings is 1. The van der Waals surface area contributed by atoms with Gasteiger partial charge in [0.1, 0.15) is 23.1 Å². The molecule has 4 nitrogen and oxygen atoms in total. The van der Waals surface area contributed by atoms with Gasteiger partial charge in [0.05, 0.1) is 5.92 Å². The Morgan fingerprint density at radius 1 is 1.16 bits per heavy atom. The maximum absolute atomic E-state index is 14.0. The summed E-state index contributed by atoms with van der Waals surface area (Å²) in [6.07, 6.45) is -2.93. The molecule has 1 aromatic carbocycles. The van der Waals surface area contributed by atoms with E-state index in [0.29, 0.717) is 24.6 Å². The molecule has 1 saturated heterocycles. The van der Waals surface area contributed by atoms with E-state index in [1.165, 1.54) is 19.1 Å². The molecule has 1 aromatic heterocycles. The molecule has 3 rings (SSSR count). The third kappa shape index (κ3) is 5.32. The summed E-state index contributed by atoms with van der Waals surface area (Å²) in [5, 5.41) is 2.58. The number of anilines is 1. The Balaban J connectivity index is 1.81. The van der Waals surface area contributed by atoms with Crippen molar-refractivity contribution in [2.75, 3.05) is 18.0 Å². The number of alkyl halides is 3. The van der Waals surface area contributed by atoms with Crippen LogP contribution >= 0.6 is 0 Å². The van der Waals surface area contributed by atoms with Gasteiger partial charge in [-0.1, -0.05) is 19.1 Å². The van der Waals surface area contributed by atoms with E-state index >= 15 is 0 Å². The highest BCUT2D eigenvalue weighted by atomic mass is 19.4. The van der Waals surface area contributed by atoms with Gasteiger partial charge in [0.25, 0.3) is 0 Å². The van der Waals surface area contributed by atoms with Crippen molar-refractivity contribution in [2.24, 2.45) is 5.92 Å². The number of benzene rings is 1. The molecule has 0 bridgehead atoms. The molecule has 1 unspecified atom stereocenters. The molecule has 1 N–H and O–H groups in total. The van der Waals surface area contributed by atoms with Gasteiger partial charge in [0, 0.05) is 30.8 Å². The maximum atomic E-state index is 14.0. The molecule has 1 fully saturated rings. The highest BCUT2D eigenvalue weighted by molar-refractivity contribution is 5.83. The van der Waals surface area contributed by atoms with Crippen LogP contribution in [0.1, 0.15) is 49.4 Å². The van der Waals surface area contributed by atoms with Crippen molar-refractivity contribution in [1.29, 1.82) is 0 Å². The van der Waals surface area contributed by atoms with Crippen molar-refractivity contribution in [2.45, 2.75) is 45.3 Å². The molecule has 1 atom stereocenters. The monoisotopic (exact) mass is 441 g/mol. The summed E-state index contributed by atoms with van der Waals surface area (Å²) in [5.41, 5.74) is -0.939. The average molecular weight is 441 g/mol. The highest BCUT2D eigenvalue weighted by Gasteiger charge is 2.34. The maximum Gasteiger partial charge on any atom is 0.433 e. The van der Waals surface area contributed by atoms with Crippen LogP contribution in [0.4, 0.5) is 27.8 Å². The molecule has 1 amide bonds. The average Bonchev–Trinajstić information content (AvgIpc) is 2.71. The zero-order valence-electron chi connectivity index (χ0n) is 17.3. The normalized spacial score (nSPS) is 16.3. The lowest BCUT2D eigenvalue weighted by Gasteiger charge is -2.33. The van der Waals surface area contributed by atoms with E-state index in [0.717, 1.165) is 31.0 Å². The Kier molecular flexibility index (Phi) is 6.81. The van der Waals surface area contributed by atoms with Crippen LogP contribution in [0.5, 0.6) is 0 Å². The number of nitrogens with one attached hydrogen (secondary N) is 1. The molecule has 0 radical (unpaired) electrons. The molecule has 2 aromatic rings. The minimum absolute atomic E-state index is 0.105. The fourth-order valence-electron chi connectivity index (χ4n) is 3.66. The number of hydrogen-bond donors (Lipinski definition) is 1. The Morgan fingerprint density at radius 3 is 2.35 bits per heavy atom. The van der Waals surface area contributed by atoms with Crippen LogP contribution < -0.4 is 10.2 Å². The summed E-state index contributed by atoms with van der Waals surface area (Å²) in [4.78, 5) is 18.1. The van der Waals surface area contributed by atoms with E-state index in [9.17, 15) is 26.7 Å². The molecule has 1 aliphatic heterocycles. The summed E-state index contributed by atoms with van der Waals surface area (Å²) in [6.45, 7) is 4.47. The van der Waals surface area contributed by atoms with E-state index in [1.807, 2.05) is 0 Å². The molecule has 31 heavy (non-hydrogen) atoms. The third-order valence-electron chi connectivity index (χ3n) is 5.61. The van der Waals surface area contributed by atoms with Gasteiger partial charge in [0.15, 0.2) is 0 Å². The van der Waals surface area contributed by atoms with Crippen LogP contribution in [0.2, 0.25) is 0 Å². The Hall–Kier alpha value is -2.71. The number of nitrogens with zero attached hydrogens (tertiary/aromatic N) is 2. The number of carbonyl (C=O) groups excluding carboxylic acids is 1. The standard InChI is InChI=1S/C22H24F5N3O/c1-13-8-10-30(11-9-13)20-15(6-7-18(29-20)22(25,26)27)12-28-21(31)14(2)19-16(23)4-3-5-17(19)24/h3-7,13-14H,8-12H2,1-2H3,(H,28,31). The SMILES string of the molecule is CC1CCN(c2nc(C(F)(F)F)ccc2CNC(=O)C(C)c2c(F)cccc2F)CC1. The third-order valence-corrected chi connectivity index (χ3v) is 5.61. The van der Waals surface area contributed by atoms with Gasteiger partial charge in [-0.3, -0.25) is 4.79 Å². The van der Waals surface area contributed by atoms with E-state index in [4.69, 9.17) is 0 Å². The van der Waals surface area contributed by atoms with Gasteiger partial charge in [-0.25, -0.2) is 13.8 Å². The van der Waals surface area contributed by atoms with E-state index in [-0.39, 0.29) is 17.9 Å². The summed E-state index contributed by atoms with van der Waals surface area (Å²) in [6, 6.07) is 5.50. The number of carbonyl (C=O) groups is 1. The lowest BCUT2D eigenvalue weighted by Crippen LogP contribution is -2.35. The molecule has 9 heteroatoms. The molecule has 0 spiro atoms. The second-order valence-corrected chi connectivity index (χ2v) is 7.92. The van der Waals surface area contributed by atoms with E-state index in [2.05, 4.69) is 17.2 Å². The van der Waals surface area contributed by atoms with Crippen molar-refractivity contribution < 1.29 is 26.7 Å². The summed E-state index contributed by atoms with van der Waals surface area (Å²) >= 11 is 0. The van der Waals surface area contributed by atoms with Gasteiger partial charge < -0.3 is 10.2 Å². The summed E-state index contributed by atoms with van der Waals surface area (Å²) in [7, 11) is 0. The molecule has 2 heterocycles. The Morgan fingerprint density at radius 2 is 1.77 bits per heavy atom. The fraction of sp³-hybridized carbons (Fsp3) is 0.455. The molecular formula is C22H24F5N3O. The number of aromatic nitrogens is 1. The Labute approximate surface area is 177 Å². The van der Waals surface area contributed by atoms with Crippen LogP contribution in [0.25, 0.3) is 0 Å². The van der Waals surface area contributed by atoms with Crippen molar-refractivity contribution in [3.8, 4) is 0 Å². The number of rotatable bonds is 5. The lowest BCUT2D eigenvalue weighted by atomic mass is 9.98. The minimum atomic E-state index is -4.59. The second kappa shape index (κ2) is 9.20. The quantitative estimate of drug-likeness (QED) is 0.662. The zero-order valence-corrected chi connectivity index (χ0v) is 17.3. The summed E-state index contributed by atoms with van der Waals surface area (Å²) < 4.78 is 67.5. The van der Waals surface area contributed by atoms with Gasteiger partial charge in [-0.05, 0) is 43.9 Å². The van der Waals surface area contributed by atoms with Gasteiger partial charge in [-0.15, -0.1) is 0 Å². The first-order valence-corrected chi connectivity index (χ1v) is 10.1. The lowest BCUT2D eigenvalue weighted by molar-refractivity contribution is -0.141. The van der Waals surface area contributed by atoms with Gasteiger partial charge in [0.2, 0.25) is 5.91 Å². The van der Waals surface area contributed by atoms with Crippen LogP contribution in [-0.2, 0) is 17.5 Å². The van der Waals surface area contributed by atoms with Crippen LogP contribution in [0.15, 0.2) is 30.3 Å². The van der Waals surface area contributed by atoms with Gasteiger partial charge in [-0.2, -0.15) is 13.2 Å². The van der Waals surface area contributed by atoms with Crippen molar-refractivity contribution in [3.63, 3.8) is 0 Å². The van der Waals surface area contributed by atoms with Crippen molar-refractivity contribution >= 4 is 11.7 Å². The van der Waals surface area contributed by atoms with Crippen molar-refractivity contribution in [1.82, 2.24) is 10.3 Å². The molecular weight excluding hydrogens is 417 g/mol. The molecule has 168 valence electrons. The molecule has 0 aliphatic carbocycles. The van der Waals surface area contributed by atoms with Crippen LogP contribution in [0.3, 0.4) is 0 Å². The number of amides is 1. The predicted octanol–water partition coefficient (Wildman–Crippen LogP) is 5.03. The largest absolute Gasteiger partial charge is 0.433 e. The van der Waals surface area contributed by atoms with Crippen LogP contribution in [-0.4, -0.2) is 24.0 Å². The van der Waals surface area contributed by atoms with Crippen LogP contribution in [0, 0.1) is 17.6 Å². The summed E-state index contributed by atoms with van der Waals surface area (Å²) in [5.74, 6) is -2.76. The zero-order chi connectivity index (χ0) is 22.8. The second-order valence-electron chi connectivity index (χ2n) is 7.92. The van der Waals surface area contributed by atoms with E-state index < -0.39 is 35.3 Å². The number of pyridine rings is 1. The predicted molar refractivity (Wildman–Crippen MR) is 106 cm³/mol. The Bertz CT molecular complexity index is 919. The first-order valence-electron chi connectivity index (χ1n) is 10.1. The first kappa shape index (κ1) is 23.0. The van der Waals surface area contributed by atoms with Gasteiger partial charge >= 0.3 is 6.18 Å².